The van der Waals surface area contributed by atoms with Gasteiger partial charge in [0.25, 0.3) is 0 Å². The van der Waals surface area contributed by atoms with Gasteiger partial charge >= 0.3 is 6.03 Å². The topological polar surface area (TPSA) is 92.2 Å². The summed E-state index contributed by atoms with van der Waals surface area (Å²) in [6, 6.07) is 3.94. The van der Waals surface area contributed by atoms with Gasteiger partial charge in [-0.05, 0) is 24.6 Å². The van der Waals surface area contributed by atoms with Gasteiger partial charge in [0.1, 0.15) is 0 Å². The first kappa shape index (κ1) is 18.0. The minimum atomic E-state index is -0.465. The molecule has 0 fully saturated rings. The summed E-state index contributed by atoms with van der Waals surface area (Å²) in [6.45, 7) is 2.02. The summed E-state index contributed by atoms with van der Waals surface area (Å²) in [4.78, 5) is 17.0. The molecule has 0 spiro atoms. The molecule has 0 saturated carbocycles. The first-order chi connectivity index (χ1) is 11.6. The first-order valence-corrected chi connectivity index (χ1v) is 7.79. The van der Waals surface area contributed by atoms with Crippen LogP contribution in [0, 0.1) is 5.82 Å². The zero-order valence-electron chi connectivity index (χ0n) is 13.7. The highest BCUT2D eigenvalue weighted by molar-refractivity contribution is 6.01. The molecule has 1 unspecified atom stereocenters. The maximum Gasteiger partial charge on any atom is 0.315 e. The lowest BCUT2D eigenvalue weighted by atomic mass is 10.0. The van der Waals surface area contributed by atoms with Gasteiger partial charge < -0.3 is 25.3 Å². The molecule has 2 amide bonds. The van der Waals surface area contributed by atoms with Gasteiger partial charge in [0.05, 0.1) is 32.0 Å². The van der Waals surface area contributed by atoms with E-state index in [2.05, 4.69) is 15.8 Å². The number of aliphatic hydroxyl groups excluding tert-OH is 1. The molecule has 3 N–H and O–H groups in total. The molecule has 1 aromatic rings. The molecule has 0 bridgehead atoms. The third-order valence-electron chi connectivity index (χ3n) is 3.76. The molecule has 0 saturated heterocycles. The van der Waals surface area contributed by atoms with E-state index >= 15 is 0 Å². The van der Waals surface area contributed by atoms with Crippen LogP contribution in [0.2, 0.25) is 0 Å². The monoisotopic (exact) mass is 339 g/mol. The molecule has 24 heavy (non-hydrogen) atoms. The number of oxime groups is 1. The summed E-state index contributed by atoms with van der Waals surface area (Å²) in [5.74, 6) is -0.296. The standard InChI is InChI=1S/C16H22FN3O4/c1-3-11(9-21)19-16(22)18-8-12-7-14(20-24-12)10-4-5-15(23-2)13(17)6-10/h4-6,11-12,21H,3,7-9H2,1-2H3,(H2,18,19,22)/t11-,12?/m1/s1. The van der Waals surface area contributed by atoms with Crippen LogP contribution < -0.4 is 15.4 Å². The van der Waals surface area contributed by atoms with Gasteiger partial charge in [-0.1, -0.05) is 12.1 Å². The highest BCUT2D eigenvalue weighted by atomic mass is 19.1. The van der Waals surface area contributed by atoms with Crippen molar-refractivity contribution in [2.24, 2.45) is 5.16 Å². The van der Waals surface area contributed by atoms with E-state index < -0.39 is 5.82 Å². The van der Waals surface area contributed by atoms with E-state index in [0.29, 0.717) is 24.1 Å². The van der Waals surface area contributed by atoms with Gasteiger partial charge in [-0.2, -0.15) is 0 Å². The van der Waals surface area contributed by atoms with E-state index in [-0.39, 0.29) is 37.1 Å². The number of rotatable bonds is 7. The van der Waals surface area contributed by atoms with Crippen molar-refractivity contribution in [3.63, 3.8) is 0 Å². The Morgan fingerprint density at radius 1 is 1.58 bits per heavy atom. The van der Waals surface area contributed by atoms with Crippen molar-refractivity contribution >= 4 is 11.7 Å². The lowest BCUT2D eigenvalue weighted by molar-refractivity contribution is 0.0863. The number of carbonyl (C=O) groups excluding carboxylic acids is 1. The van der Waals surface area contributed by atoms with Crippen molar-refractivity contribution in [1.82, 2.24) is 10.6 Å². The molecule has 7 nitrogen and oxygen atoms in total. The Balaban J connectivity index is 1.82. The predicted molar refractivity (Wildman–Crippen MR) is 86.7 cm³/mol. The van der Waals surface area contributed by atoms with Crippen molar-refractivity contribution in [3.8, 4) is 5.75 Å². The van der Waals surface area contributed by atoms with Crippen LogP contribution in [0.3, 0.4) is 0 Å². The number of nitrogens with zero attached hydrogens (tertiary/aromatic N) is 1. The van der Waals surface area contributed by atoms with Gasteiger partial charge in [-0.15, -0.1) is 0 Å². The number of ether oxygens (including phenoxy) is 1. The van der Waals surface area contributed by atoms with Gasteiger partial charge in [-0.25, -0.2) is 9.18 Å². The molecule has 1 heterocycles. The van der Waals surface area contributed by atoms with Gasteiger partial charge in [-0.3, -0.25) is 0 Å². The van der Waals surface area contributed by atoms with E-state index in [0.717, 1.165) is 0 Å². The highest BCUT2D eigenvalue weighted by Gasteiger charge is 2.23. The predicted octanol–water partition coefficient (Wildman–Crippen LogP) is 1.40. The second-order valence-electron chi connectivity index (χ2n) is 5.46. The zero-order chi connectivity index (χ0) is 17.5. The molecular formula is C16H22FN3O4. The van der Waals surface area contributed by atoms with Crippen LogP contribution in [0.1, 0.15) is 25.3 Å². The Morgan fingerprint density at radius 2 is 2.38 bits per heavy atom. The summed E-state index contributed by atoms with van der Waals surface area (Å²) in [6.07, 6.45) is 0.786. The van der Waals surface area contributed by atoms with Crippen molar-refractivity contribution in [2.75, 3.05) is 20.3 Å². The van der Waals surface area contributed by atoms with E-state index in [1.165, 1.54) is 19.2 Å². The van der Waals surface area contributed by atoms with Crippen molar-refractivity contribution in [1.29, 1.82) is 0 Å². The lowest BCUT2D eigenvalue weighted by Gasteiger charge is -2.16. The lowest BCUT2D eigenvalue weighted by Crippen LogP contribution is -2.45. The number of urea groups is 1. The Labute approximate surface area is 139 Å². The fourth-order valence-corrected chi connectivity index (χ4v) is 2.27. The van der Waals surface area contributed by atoms with Crippen LogP contribution in [0.4, 0.5) is 9.18 Å². The minimum Gasteiger partial charge on any atom is -0.494 e. The average molecular weight is 339 g/mol. The number of benzene rings is 1. The second kappa shape index (κ2) is 8.49. The summed E-state index contributed by atoms with van der Waals surface area (Å²) >= 11 is 0. The number of halogens is 1. The van der Waals surface area contributed by atoms with Crippen LogP contribution >= 0.6 is 0 Å². The molecule has 1 aliphatic rings. The molecule has 1 aromatic carbocycles. The molecule has 8 heteroatoms. The quantitative estimate of drug-likeness (QED) is 0.700. The number of amides is 2. The van der Waals surface area contributed by atoms with Crippen LogP contribution in [-0.4, -0.2) is 49.3 Å². The summed E-state index contributed by atoms with van der Waals surface area (Å²) in [5.41, 5.74) is 1.23. The number of hydrogen-bond acceptors (Lipinski definition) is 5. The van der Waals surface area contributed by atoms with Crippen molar-refractivity contribution in [2.45, 2.75) is 31.9 Å². The molecular weight excluding hydrogens is 317 g/mol. The van der Waals surface area contributed by atoms with E-state index in [1.54, 1.807) is 6.07 Å². The van der Waals surface area contributed by atoms with Crippen molar-refractivity contribution in [3.05, 3.63) is 29.6 Å². The van der Waals surface area contributed by atoms with Crippen LogP contribution in [0.15, 0.2) is 23.4 Å². The molecule has 2 atom stereocenters. The Morgan fingerprint density at radius 3 is 3.00 bits per heavy atom. The maximum absolute atomic E-state index is 13.7. The largest absolute Gasteiger partial charge is 0.494 e. The number of methoxy groups -OCH3 is 1. The molecule has 1 aliphatic heterocycles. The van der Waals surface area contributed by atoms with Crippen LogP contribution in [0.25, 0.3) is 0 Å². The molecule has 2 rings (SSSR count). The molecule has 132 valence electrons. The average Bonchev–Trinajstić information content (AvgIpc) is 3.06. The van der Waals surface area contributed by atoms with E-state index in [9.17, 15) is 9.18 Å². The maximum atomic E-state index is 13.7. The minimum absolute atomic E-state index is 0.111. The fraction of sp³-hybridized carbons (Fsp3) is 0.500. The summed E-state index contributed by atoms with van der Waals surface area (Å²) < 4.78 is 18.6. The van der Waals surface area contributed by atoms with E-state index in [1.807, 2.05) is 6.92 Å². The molecule has 0 aliphatic carbocycles. The van der Waals surface area contributed by atoms with E-state index in [4.69, 9.17) is 14.7 Å². The Kier molecular flexibility index (Phi) is 6.36. The summed E-state index contributed by atoms with van der Waals surface area (Å²) in [7, 11) is 1.40. The van der Waals surface area contributed by atoms with Crippen LogP contribution in [0.5, 0.6) is 5.75 Å². The number of hydrogen-bond donors (Lipinski definition) is 3. The SMILES string of the molecule is CC[C@H](CO)NC(=O)NCC1CC(c2ccc(OC)c(F)c2)=NO1. The van der Waals surface area contributed by atoms with Crippen LogP contribution in [-0.2, 0) is 4.84 Å². The molecule has 0 aromatic heterocycles. The zero-order valence-corrected chi connectivity index (χ0v) is 13.7. The molecule has 0 radical (unpaired) electrons. The van der Waals surface area contributed by atoms with Gasteiger partial charge in [0.15, 0.2) is 17.7 Å². The van der Waals surface area contributed by atoms with Crippen molar-refractivity contribution < 1.29 is 23.9 Å². The van der Waals surface area contributed by atoms with Gasteiger partial charge in [0, 0.05) is 12.0 Å². The third-order valence-corrected chi connectivity index (χ3v) is 3.76. The first-order valence-electron chi connectivity index (χ1n) is 7.79. The Bertz CT molecular complexity index is 605. The summed E-state index contributed by atoms with van der Waals surface area (Å²) in [5, 5.41) is 18.3. The number of aliphatic hydroxyl groups is 1. The van der Waals surface area contributed by atoms with Gasteiger partial charge in [0.2, 0.25) is 0 Å². The number of carbonyl (C=O) groups is 1. The Hall–Kier alpha value is -2.35. The normalized spacial score (nSPS) is 17.7. The number of nitrogens with one attached hydrogen (secondary N) is 2. The highest BCUT2D eigenvalue weighted by Crippen LogP contribution is 2.22. The fourth-order valence-electron chi connectivity index (χ4n) is 2.27. The smallest absolute Gasteiger partial charge is 0.315 e. The third kappa shape index (κ3) is 4.58. The second-order valence-corrected chi connectivity index (χ2v) is 5.46.